The summed E-state index contributed by atoms with van der Waals surface area (Å²) in [5.74, 6) is 1.15. The van der Waals surface area contributed by atoms with Crippen LogP contribution in [0.2, 0.25) is 0 Å². The van der Waals surface area contributed by atoms with Gasteiger partial charge in [-0.1, -0.05) is 25.1 Å². The quantitative estimate of drug-likeness (QED) is 0.401. The molecule has 1 atom stereocenters. The van der Waals surface area contributed by atoms with Crippen LogP contribution in [0.5, 0.6) is 0 Å². The number of fused-ring (bicyclic) bond motifs is 5. The first kappa shape index (κ1) is 18.6. The molecule has 1 fully saturated rings. The number of piperidine rings is 1. The highest BCUT2D eigenvalue weighted by atomic mass is 32.2. The van der Waals surface area contributed by atoms with Crippen molar-refractivity contribution in [3.8, 4) is 0 Å². The molecule has 6 heteroatoms. The van der Waals surface area contributed by atoms with Gasteiger partial charge in [0.25, 0.3) is 0 Å². The summed E-state index contributed by atoms with van der Waals surface area (Å²) >= 11 is 3.48. The predicted molar refractivity (Wildman–Crippen MR) is 121 cm³/mol. The number of pyridine rings is 1. The molecule has 0 radical (unpaired) electrons. The summed E-state index contributed by atoms with van der Waals surface area (Å²) < 4.78 is 1.25. The zero-order valence-corrected chi connectivity index (χ0v) is 18.7. The third kappa shape index (κ3) is 2.91. The fourth-order valence-electron chi connectivity index (χ4n) is 4.95. The molecule has 4 heterocycles. The maximum Gasteiger partial charge on any atom is 0.189 e. The number of anilines is 1. The van der Waals surface area contributed by atoms with Gasteiger partial charge in [-0.2, -0.15) is 0 Å². The van der Waals surface area contributed by atoms with Gasteiger partial charge in [-0.25, -0.2) is 15.0 Å². The predicted octanol–water partition coefficient (Wildman–Crippen LogP) is 5.78. The molecule has 1 aliphatic heterocycles. The molecule has 28 heavy (non-hydrogen) atoms. The fourth-order valence-corrected chi connectivity index (χ4v) is 6.48. The highest BCUT2D eigenvalue weighted by molar-refractivity contribution is 7.98. The molecule has 3 aromatic rings. The lowest BCUT2D eigenvalue weighted by atomic mass is 10.0. The van der Waals surface area contributed by atoms with E-state index < -0.39 is 0 Å². The zero-order chi connectivity index (χ0) is 19.3. The first-order valence-corrected chi connectivity index (χ1v) is 12.7. The second-order valence-corrected chi connectivity index (χ2v) is 9.92. The van der Waals surface area contributed by atoms with E-state index in [2.05, 4.69) is 25.0 Å². The number of thiophene rings is 1. The molecule has 0 bridgehead atoms. The summed E-state index contributed by atoms with van der Waals surface area (Å²) in [6.45, 7) is 5.70. The molecule has 0 saturated carbocycles. The lowest BCUT2D eigenvalue weighted by Crippen LogP contribution is -2.38. The highest BCUT2D eigenvalue weighted by Gasteiger charge is 2.28. The lowest BCUT2D eigenvalue weighted by molar-refractivity contribution is 0.481. The van der Waals surface area contributed by atoms with E-state index in [-0.39, 0.29) is 0 Å². The number of hydrogen-bond donors (Lipinski definition) is 0. The number of hydrogen-bond acceptors (Lipinski definition) is 6. The smallest absolute Gasteiger partial charge is 0.189 e. The van der Waals surface area contributed by atoms with E-state index >= 15 is 0 Å². The van der Waals surface area contributed by atoms with Crippen LogP contribution in [0.15, 0.2) is 5.16 Å². The van der Waals surface area contributed by atoms with Crippen molar-refractivity contribution in [2.24, 2.45) is 0 Å². The van der Waals surface area contributed by atoms with E-state index in [1.807, 2.05) is 11.3 Å². The molecule has 0 spiro atoms. The number of thioether (sulfide) groups is 1. The van der Waals surface area contributed by atoms with Gasteiger partial charge in [-0.15, -0.1) is 11.3 Å². The van der Waals surface area contributed by atoms with Gasteiger partial charge >= 0.3 is 0 Å². The van der Waals surface area contributed by atoms with E-state index in [9.17, 15) is 0 Å². The first-order valence-electron chi connectivity index (χ1n) is 10.7. The third-order valence-corrected chi connectivity index (χ3v) is 7.94. The monoisotopic (exact) mass is 412 g/mol. The van der Waals surface area contributed by atoms with Gasteiger partial charge in [-0.05, 0) is 69.3 Å². The largest absolute Gasteiger partial charge is 0.353 e. The van der Waals surface area contributed by atoms with Crippen LogP contribution in [-0.4, -0.2) is 33.8 Å². The van der Waals surface area contributed by atoms with Gasteiger partial charge in [-0.3, -0.25) is 0 Å². The van der Waals surface area contributed by atoms with Crippen LogP contribution < -0.4 is 4.90 Å². The van der Waals surface area contributed by atoms with Crippen molar-refractivity contribution in [1.29, 1.82) is 0 Å². The molecule has 0 aromatic carbocycles. The minimum atomic E-state index is 0.543. The van der Waals surface area contributed by atoms with Crippen molar-refractivity contribution in [3.05, 3.63) is 16.8 Å². The van der Waals surface area contributed by atoms with Crippen molar-refractivity contribution < 1.29 is 0 Å². The Morgan fingerprint density at radius 1 is 1.11 bits per heavy atom. The van der Waals surface area contributed by atoms with Crippen molar-refractivity contribution in [1.82, 2.24) is 15.0 Å². The Morgan fingerprint density at radius 3 is 2.75 bits per heavy atom. The van der Waals surface area contributed by atoms with E-state index in [4.69, 9.17) is 15.0 Å². The first-order chi connectivity index (χ1) is 13.7. The van der Waals surface area contributed by atoms with Crippen LogP contribution in [0.4, 0.5) is 5.82 Å². The Balaban J connectivity index is 1.80. The molecular formula is C22H28N4S2. The number of rotatable bonds is 4. The molecule has 3 aromatic heterocycles. The molecule has 0 unspecified atom stereocenters. The summed E-state index contributed by atoms with van der Waals surface area (Å²) in [7, 11) is 0. The Labute approximate surface area is 175 Å². The second-order valence-electron chi connectivity index (χ2n) is 8.15. The minimum absolute atomic E-state index is 0.543. The molecule has 5 rings (SSSR count). The van der Waals surface area contributed by atoms with Gasteiger partial charge in [0.05, 0.1) is 10.2 Å². The summed E-state index contributed by atoms with van der Waals surface area (Å²) in [6.07, 6.45) is 11.8. The molecule has 0 amide bonds. The maximum atomic E-state index is 5.16. The normalized spacial score (nSPS) is 19.7. The molecule has 1 saturated heterocycles. The fraction of sp³-hybridized carbons (Fsp3) is 0.591. The summed E-state index contributed by atoms with van der Waals surface area (Å²) in [4.78, 5) is 18.9. The van der Waals surface area contributed by atoms with Gasteiger partial charge in [0.1, 0.15) is 4.83 Å². The minimum Gasteiger partial charge on any atom is -0.353 e. The second kappa shape index (κ2) is 7.45. The van der Waals surface area contributed by atoms with E-state index in [0.29, 0.717) is 6.04 Å². The average Bonchev–Trinajstić information content (AvgIpc) is 3.32. The third-order valence-electron chi connectivity index (χ3n) is 6.33. The topological polar surface area (TPSA) is 41.9 Å². The van der Waals surface area contributed by atoms with Crippen LogP contribution in [0.25, 0.3) is 20.4 Å². The van der Waals surface area contributed by atoms with Crippen molar-refractivity contribution in [2.45, 2.75) is 76.4 Å². The number of aromatic nitrogens is 3. The van der Waals surface area contributed by atoms with Crippen molar-refractivity contribution >= 4 is 49.3 Å². The van der Waals surface area contributed by atoms with Crippen LogP contribution >= 0.6 is 23.1 Å². The van der Waals surface area contributed by atoms with Gasteiger partial charge in [0.15, 0.2) is 11.0 Å². The van der Waals surface area contributed by atoms with E-state index in [1.54, 1.807) is 11.8 Å². The summed E-state index contributed by atoms with van der Waals surface area (Å²) in [5.41, 5.74) is 5.54. The molecule has 4 nitrogen and oxygen atoms in total. The zero-order valence-electron chi connectivity index (χ0n) is 17.0. The van der Waals surface area contributed by atoms with Gasteiger partial charge < -0.3 is 4.90 Å². The Bertz CT molecular complexity index is 1040. The van der Waals surface area contributed by atoms with Crippen molar-refractivity contribution in [3.63, 3.8) is 0 Å². The molecule has 1 aliphatic carbocycles. The van der Waals surface area contributed by atoms with Crippen molar-refractivity contribution in [2.75, 3.05) is 17.7 Å². The standard InChI is InChI=1S/C22H28N4S2/c1-4-8-16-14-10-7-11-15(14)17-18-19(28-21(17)23-16)20(25-22(24-18)27-3)26-12-6-5-9-13(26)2/h13H,4-12H2,1-3H3/t13-/m0/s1. The van der Waals surface area contributed by atoms with E-state index in [1.165, 1.54) is 70.3 Å². The van der Waals surface area contributed by atoms with Crippen LogP contribution in [-0.2, 0) is 19.3 Å². The lowest BCUT2D eigenvalue weighted by Gasteiger charge is -2.34. The molecule has 2 aliphatic rings. The summed E-state index contributed by atoms with van der Waals surface area (Å²) in [5, 5.41) is 2.22. The molecular weight excluding hydrogens is 384 g/mol. The van der Waals surface area contributed by atoms with Gasteiger partial charge in [0, 0.05) is 23.7 Å². The SMILES string of the molecule is CCCc1nc2sc3c(N4CCCC[C@@H]4C)nc(SC)nc3c2c2c1CCC2. The molecule has 148 valence electrons. The van der Waals surface area contributed by atoms with E-state index in [0.717, 1.165) is 35.9 Å². The van der Waals surface area contributed by atoms with Crippen LogP contribution in [0, 0.1) is 0 Å². The molecule has 0 N–H and O–H groups in total. The van der Waals surface area contributed by atoms with Gasteiger partial charge in [0.2, 0.25) is 0 Å². The Hall–Kier alpha value is -1.40. The van der Waals surface area contributed by atoms with Crippen LogP contribution in [0.3, 0.4) is 0 Å². The summed E-state index contributed by atoms with van der Waals surface area (Å²) in [6, 6.07) is 0.543. The Kier molecular flexibility index (Phi) is 4.95. The number of aryl methyl sites for hydroxylation is 2. The number of nitrogens with zero attached hydrogens (tertiary/aromatic N) is 4. The Morgan fingerprint density at radius 2 is 1.96 bits per heavy atom. The van der Waals surface area contributed by atoms with Crippen LogP contribution in [0.1, 0.15) is 62.8 Å². The maximum absolute atomic E-state index is 5.16. The highest BCUT2D eigenvalue weighted by Crippen LogP contribution is 2.43. The average molecular weight is 413 g/mol.